The van der Waals surface area contributed by atoms with Crippen molar-refractivity contribution in [3.05, 3.63) is 84.1 Å². The van der Waals surface area contributed by atoms with E-state index in [-0.39, 0.29) is 11.4 Å². The van der Waals surface area contributed by atoms with Crippen molar-refractivity contribution in [2.75, 3.05) is 37.4 Å². The fourth-order valence-electron chi connectivity index (χ4n) is 4.67. The van der Waals surface area contributed by atoms with Gasteiger partial charge in [-0.1, -0.05) is 0 Å². The van der Waals surface area contributed by atoms with E-state index in [0.717, 1.165) is 32.0 Å². The topological polar surface area (TPSA) is 99.5 Å². The van der Waals surface area contributed by atoms with E-state index in [0.29, 0.717) is 46.2 Å². The number of nitrogens with one attached hydrogen (secondary N) is 2. The number of carbonyl (C=O) groups is 1. The zero-order valence-corrected chi connectivity index (χ0v) is 21.8. The minimum Gasteiger partial charge on any atom is -0.492 e. The molecule has 5 rings (SSSR count). The number of pyridine rings is 1. The summed E-state index contributed by atoms with van der Waals surface area (Å²) in [4.78, 5) is 18.9. The second kappa shape index (κ2) is 12.0. The molecule has 0 spiro atoms. The van der Waals surface area contributed by atoms with Gasteiger partial charge in [-0.2, -0.15) is 5.26 Å². The summed E-state index contributed by atoms with van der Waals surface area (Å²) in [5.74, 6) is 0.283. The van der Waals surface area contributed by atoms with Gasteiger partial charge in [0.1, 0.15) is 35.0 Å². The van der Waals surface area contributed by atoms with E-state index in [2.05, 4.69) is 33.6 Å². The van der Waals surface area contributed by atoms with Crippen LogP contribution in [0.3, 0.4) is 0 Å². The van der Waals surface area contributed by atoms with Crippen molar-refractivity contribution in [1.29, 1.82) is 5.26 Å². The van der Waals surface area contributed by atoms with E-state index in [9.17, 15) is 18.8 Å². The number of carbonyl (C=O) groups excluding carboxylic acids is 1. The first kappa shape index (κ1) is 26.8. The number of halogens is 2. The monoisotopic (exact) mass is 543 g/mol. The number of nitrogens with zero attached hydrogens (tertiary/aromatic N) is 3. The van der Waals surface area contributed by atoms with Gasteiger partial charge in [0, 0.05) is 41.9 Å². The molecule has 1 aromatic heterocycles. The van der Waals surface area contributed by atoms with E-state index in [1.165, 1.54) is 36.4 Å². The maximum atomic E-state index is 14.8. The van der Waals surface area contributed by atoms with Crippen molar-refractivity contribution < 1.29 is 23.0 Å². The Bertz CT molecular complexity index is 1570. The van der Waals surface area contributed by atoms with Gasteiger partial charge in [-0.15, -0.1) is 0 Å². The molecule has 2 N–H and O–H groups in total. The molecule has 1 atom stereocenters. The first-order valence-corrected chi connectivity index (χ1v) is 12.8. The fraction of sp³-hybridized carbons (Fsp3) is 0.233. The van der Waals surface area contributed by atoms with E-state index in [4.69, 9.17) is 9.47 Å². The molecule has 1 aliphatic rings. The largest absolute Gasteiger partial charge is 0.492 e. The third kappa shape index (κ3) is 6.45. The average molecular weight is 544 g/mol. The summed E-state index contributed by atoms with van der Waals surface area (Å²) in [7, 11) is 2.09. The first-order valence-electron chi connectivity index (χ1n) is 12.8. The SMILES string of the molecule is CN1CCCC(COc2cc3nccc(Oc4ccc(NC(=O)Nc5ccc(F)cc5)c(F)c4)c3cc2C#N)C1. The Labute approximate surface area is 230 Å². The van der Waals surface area contributed by atoms with Crippen molar-refractivity contribution in [3.63, 3.8) is 0 Å². The van der Waals surface area contributed by atoms with Gasteiger partial charge in [0.25, 0.3) is 0 Å². The van der Waals surface area contributed by atoms with Gasteiger partial charge >= 0.3 is 6.03 Å². The standard InChI is InChI=1S/C30H27F2N5O3/c1-37-12-2-3-19(17-37)18-39-29-15-27-24(13-20(29)16-33)28(10-11-34-27)40-23-8-9-26(25(32)14-23)36-30(38)35-22-6-4-21(31)5-7-22/h4-11,13-15,19H,2-3,12,17-18H2,1H3,(H2,35,36,38). The second-order valence-electron chi connectivity index (χ2n) is 9.70. The lowest BCUT2D eigenvalue weighted by molar-refractivity contribution is 0.150. The van der Waals surface area contributed by atoms with Crippen LogP contribution in [0.4, 0.5) is 25.0 Å². The average Bonchev–Trinajstić information content (AvgIpc) is 2.94. The van der Waals surface area contributed by atoms with Gasteiger partial charge < -0.3 is 25.0 Å². The van der Waals surface area contributed by atoms with Gasteiger partial charge in [-0.05, 0) is 75.0 Å². The summed E-state index contributed by atoms with van der Waals surface area (Å²) in [5.41, 5.74) is 1.22. The summed E-state index contributed by atoms with van der Waals surface area (Å²) in [6, 6.07) is 15.7. The lowest BCUT2D eigenvalue weighted by Crippen LogP contribution is -2.34. The molecule has 0 aliphatic carbocycles. The Balaban J connectivity index is 1.29. The number of benzene rings is 3. The number of nitriles is 1. The number of likely N-dealkylation sites (tertiary alicyclic amines) is 1. The molecule has 0 bridgehead atoms. The third-order valence-electron chi connectivity index (χ3n) is 6.64. The maximum absolute atomic E-state index is 14.8. The van der Waals surface area contributed by atoms with Crippen LogP contribution in [0.2, 0.25) is 0 Å². The van der Waals surface area contributed by atoms with Crippen LogP contribution in [0.1, 0.15) is 18.4 Å². The normalized spacial score (nSPS) is 15.3. The number of ether oxygens (including phenoxy) is 2. The molecule has 204 valence electrons. The number of piperidine rings is 1. The molecule has 8 nitrogen and oxygen atoms in total. The summed E-state index contributed by atoms with van der Waals surface area (Å²) >= 11 is 0. The van der Waals surface area contributed by atoms with Gasteiger partial charge in [0.2, 0.25) is 0 Å². The van der Waals surface area contributed by atoms with E-state index in [1.54, 1.807) is 24.4 Å². The smallest absolute Gasteiger partial charge is 0.323 e. The zero-order chi connectivity index (χ0) is 28.1. The van der Waals surface area contributed by atoms with Crippen LogP contribution < -0.4 is 20.1 Å². The predicted octanol–water partition coefficient (Wildman–Crippen LogP) is 6.54. The van der Waals surface area contributed by atoms with Crippen molar-refractivity contribution in [1.82, 2.24) is 9.88 Å². The van der Waals surface area contributed by atoms with Crippen molar-refractivity contribution in [2.45, 2.75) is 12.8 Å². The summed E-state index contributed by atoms with van der Waals surface area (Å²) in [6.07, 6.45) is 3.77. The van der Waals surface area contributed by atoms with Gasteiger partial charge in [-0.3, -0.25) is 4.98 Å². The van der Waals surface area contributed by atoms with E-state index in [1.807, 2.05) is 0 Å². The fourth-order valence-corrected chi connectivity index (χ4v) is 4.67. The van der Waals surface area contributed by atoms with E-state index >= 15 is 0 Å². The molecule has 4 aromatic rings. The molecular formula is C30H27F2N5O3. The van der Waals surface area contributed by atoms with Gasteiger partial charge in [-0.25, -0.2) is 13.6 Å². The second-order valence-corrected chi connectivity index (χ2v) is 9.70. The molecule has 1 fully saturated rings. The minimum atomic E-state index is -0.716. The van der Waals surface area contributed by atoms with Crippen molar-refractivity contribution >= 4 is 28.3 Å². The van der Waals surface area contributed by atoms with Crippen molar-refractivity contribution in [2.24, 2.45) is 5.92 Å². The molecule has 10 heteroatoms. The number of urea groups is 1. The predicted molar refractivity (Wildman–Crippen MR) is 148 cm³/mol. The summed E-state index contributed by atoms with van der Waals surface area (Å²) < 4.78 is 39.9. The lowest BCUT2D eigenvalue weighted by Gasteiger charge is -2.29. The van der Waals surface area contributed by atoms with Crippen LogP contribution in [-0.4, -0.2) is 42.7 Å². The highest BCUT2D eigenvalue weighted by molar-refractivity contribution is 5.99. The quantitative estimate of drug-likeness (QED) is 0.275. The highest BCUT2D eigenvalue weighted by Crippen LogP contribution is 2.34. The Morgan fingerprint density at radius 3 is 2.67 bits per heavy atom. The van der Waals surface area contributed by atoms with Gasteiger partial charge in [0.05, 0.1) is 23.4 Å². The zero-order valence-electron chi connectivity index (χ0n) is 21.8. The summed E-state index contributed by atoms with van der Waals surface area (Å²) in [5, 5.41) is 15.3. The summed E-state index contributed by atoms with van der Waals surface area (Å²) in [6.45, 7) is 2.55. The molecule has 2 heterocycles. The number of hydrogen-bond donors (Lipinski definition) is 2. The van der Waals surface area contributed by atoms with E-state index < -0.39 is 17.7 Å². The number of anilines is 2. The molecular weight excluding hydrogens is 516 g/mol. The maximum Gasteiger partial charge on any atom is 0.323 e. The molecule has 2 amide bonds. The molecule has 1 aliphatic heterocycles. The molecule has 3 aromatic carbocycles. The first-order chi connectivity index (χ1) is 19.4. The van der Waals surface area contributed by atoms with Crippen molar-refractivity contribution in [3.8, 4) is 23.3 Å². The molecule has 0 radical (unpaired) electrons. The van der Waals surface area contributed by atoms with Gasteiger partial charge in [0.15, 0.2) is 0 Å². The van der Waals surface area contributed by atoms with Crippen LogP contribution in [0.15, 0.2) is 66.9 Å². The van der Waals surface area contributed by atoms with Crippen LogP contribution in [-0.2, 0) is 0 Å². The number of amides is 2. The van der Waals surface area contributed by atoms with Crippen LogP contribution in [0.5, 0.6) is 17.2 Å². The molecule has 1 unspecified atom stereocenters. The number of aromatic nitrogens is 1. The Morgan fingerprint density at radius 2 is 1.93 bits per heavy atom. The number of hydrogen-bond acceptors (Lipinski definition) is 6. The van der Waals surface area contributed by atoms with Crippen LogP contribution in [0, 0.1) is 28.9 Å². The third-order valence-corrected chi connectivity index (χ3v) is 6.64. The Kier molecular flexibility index (Phi) is 8.03. The Hall–Kier alpha value is -4.75. The number of rotatable bonds is 7. The highest BCUT2D eigenvalue weighted by atomic mass is 19.1. The van der Waals surface area contributed by atoms with Crippen LogP contribution in [0.25, 0.3) is 10.9 Å². The minimum absolute atomic E-state index is 0.0655. The Morgan fingerprint density at radius 1 is 1.10 bits per heavy atom. The lowest BCUT2D eigenvalue weighted by atomic mass is 9.99. The highest BCUT2D eigenvalue weighted by Gasteiger charge is 2.19. The molecule has 0 saturated carbocycles. The molecule has 1 saturated heterocycles. The number of fused-ring (bicyclic) bond motifs is 1. The molecule has 40 heavy (non-hydrogen) atoms. The van der Waals surface area contributed by atoms with Crippen LogP contribution >= 0.6 is 0 Å².